The smallest absolute Gasteiger partial charge is 0.0962 e. The van der Waals surface area contributed by atoms with Gasteiger partial charge in [-0.25, -0.2) is 0 Å². The number of hydrogen-bond donors (Lipinski definition) is 0. The van der Waals surface area contributed by atoms with E-state index < -0.39 is 0 Å². The van der Waals surface area contributed by atoms with Gasteiger partial charge in [0.25, 0.3) is 0 Å². The van der Waals surface area contributed by atoms with Crippen molar-refractivity contribution in [2.24, 2.45) is 5.92 Å². The normalized spacial score (nSPS) is 17.9. The van der Waals surface area contributed by atoms with E-state index in [0.717, 1.165) is 12.5 Å². The SMILES string of the molecule is C=C(N(C)CC(C)CC)N1CCC1. The van der Waals surface area contributed by atoms with Gasteiger partial charge in [0.1, 0.15) is 0 Å². The third kappa shape index (κ3) is 2.64. The molecule has 1 rings (SSSR count). The molecule has 0 bridgehead atoms. The third-order valence-electron chi connectivity index (χ3n) is 2.94. The maximum atomic E-state index is 4.12. The largest absolute Gasteiger partial charge is 0.362 e. The predicted molar refractivity (Wildman–Crippen MR) is 57.4 cm³/mol. The van der Waals surface area contributed by atoms with Crippen molar-refractivity contribution in [3.63, 3.8) is 0 Å². The molecule has 1 saturated heterocycles. The maximum Gasteiger partial charge on any atom is 0.0962 e. The number of nitrogens with zero attached hydrogens (tertiary/aromatic N) is 2. The maximum absolute atomic E-state index is 4.12. The summed E-state index contributed by atoms with van der Waals surface area (Å²) in [5, 5.41) is 0. The van der Waals surface area contributed by atoms with E-state index in [1.165, 1.54) is 31.8 Å². The van der Waals surface area contributed by atoms with E-state index in [1.807, 2.05) is 0 Å². The van der Waals surface area contributed by atoms with Crippen LogP contribution < -0.4 is 0 Å². The van der Waals surface area contributed by atoms with E-state index in [4.69, 9.17) is 0 Å². The quantitative estimate of drug-likeness (QED) is 0.643. The Morgan fingerprint density at radius 1 is 1.54 bits per heavy atom. The van der Waals surface area contributed by atoms with Crippen LogP contribution in [0.5, 0.6) is 0 Å². The van der Waals surface area contributed by atoms with E-state index in [1.54, 1.807) is 0 Å². The average molecular weight is 182 g/mol. The van der Waals surface area contributed by atoms with Crippen LogP contribution in [0.1, 0.15) is 26.7 Å². The average Bonchev–Trinajstić information content (AvgIpc) is 2.00. The molecule has 1 atom stereocenters. The minimum atomic E-state index is 0.767. The lowest BCUT2D eigenvalue weighted by atomic mass is 10.1. The van der Waals surface area contributed by atoms with Crippen LogP contribution in [-0.2, 0) is 0 Å². The van der Waals surface area contributed by atoms with Crippen molar-refractivity contribution in [2.75, 3.05) is 26.7 Å². The molecule has 0 aromatic carbocycles. The van der Waals surface area contributed by atoms with Gasteiger partial charge >= 0.3 is 0 Å². The second-order valence-corrected chi connectivity index (χ2v) is 4.15. The molecule has 0 amide bonds. The first kappa shape index (κ1) is 10.4. The molecule has 0 saturated carbocycles. The Morgan fingerprint density at radius 2 is 2.15 bits per heavy atom. The summed E-state index contributed by atoms with van der Waals surface area (Å²) in [5.41, 5.74) is 0. The van der Waals surface area contributed by atoms with Crippen LogP contribution in [0.3, 0.4) is 0 Å². The highest BCUT2D eigenvalue weighted by atomic mass is 15.3. The molecule has 1 fully saturated rings. The van der Waals surface area contributed by atoms with Crippen LogP contribution in [0.25, 0.3) is 0 Å². The third-order valence-corrected chi connectivity index (χ3v) is 2.94. The summed E-state index contributed by atoms with van der Waals surface area (Å²) in [6.45, 7) is 12.2. The summed E-state index contributed by atoms with van der Waals surface area (Å²) in [6.07, 6.45) is 2.58. The zero-order valence-electron chi connectivity index (χ0n) is 9.21. The Balaban J connectivity index is 2.28. The van der Waals surface area contributed by atoms with Gasteiger partial charge in [-0.05, 0) is 12.3 Å². The van der Waals surface area contributed by atoms with Gasteiger partial charge in [0.2, 0.25) is 0 Å². The Labute approximate surface area is 82.2 Å². The van der Waals surface area contributed by atoms with E-state index in [2.05, 4.69) is 37.3 Å². The number of hydrogen-bond acceptors (Lipinski definition) is 2. The molecule has 0 aromatic heterocycles. The van der Waals surface area contributed by atoms with Crippen LogP contribution >= 0.6 is 0 Å². The summed E-state index contributed by atoms with van der Waals surface area (Å²) < 4.78 is 0. The fourth-order valence-corrected chi connectivity index (χ4v) is 1.52. The molecule has 0 aromatic rings. The second-order valence-electron chi connectivity index (χ2n) is 4.15. The van der Waals surface area contributed by atoms with Gasteiger partial charge in [-0.15, -0.1) is 0 Å². The molecule has 0 aliphatic carbocycles. The van der Waals surface area contributed by atoms with Gasteiger partial charge in [0, 0.05) is 26.7 Å². The van der Waals surface area contributed by atoms with Gasteiger partial charge in [-0.2, -0.15) is 0 Å². The summed E-state index contributed by atoms with van der Waals surface area (Å²) in [5.74, 6) is 1.97. The number of likely N-dealkylation sites (tertiary alicyclic amines) is 1. The lowest BCUT2D eigenvalue weighted by Gasteiger charge is -2.39. The first-order valence-corrected chi connectivity index (χ1v) is 5.30. The van der Waals surface area contributed by atoms with Crippen LogP contribution in [0.4, 0.5) is 0 Å². The van der Waals surface area contributed by atoms with Crippen molar-refractivity contribution in [2.45, 2.75) is 26.7 Å². The molecule has 1 aliphatic heterocycles. The van der Waals surface area contributed by atoms with E-state index >= 15 is 0 Å². The molecule has 2 nitrogen and oxygen atoms in total. The number of rotatable bonds is 5. The first-order chi connectivity index (χ1) is 6.15. The molecule has 2 heteroatoms. The molecule has 1 aliphatic rings. The highest BCUT2D eigenvalue weighted by Gasteiger charge is 2.18. The fraction of sp³-hybridized carbons (Fsp3) is 0.818. The van der Waals surface area contributed by atoms with Crippen LogP contribution in [0.2, 0.25) is 0 Å². The zero-order valence-corrected chi connectivity index (χ0v) is 9.21. The van der Waals surface area contributed by atoms with Crippen LogP contribution in [0, 0.1) is 5.92 Å². The van der Waals surface area contributed by atoms with Gasteiger partial charge in [-0.1, -0.05) is 26.8 Å². The van der Waals surface area contributed by atoms with Crippen molar-refractivity contribution in [1.29, 1.82) is 0 Å². The van der Waals surface area contributed by atoms with Crippen molar-refractivity contribution < 1.29 is 0 Å². The van der Waals surface area contributed by atoms with Crippen molar-refractivity contribution in [3.8, 4) is 0 Å². The lowest BCUT2D eigenvalue weighted by molar-refractivity contribution is 0.159. The minimum Gasteiger partial charge on any atom is -0.362 e. The van der Waals surface area contributed by atoms with E-state index in [0.29, 0.717) is 0 Å². The predicted octanol–water partition coefficient (Wildman–Crippen LogP) is 2.14. The summed E-state index contributed by atoms with van der Waals surface area (Å²) in [6, 6.07) is 0. The van der Waals surface area contributed by atoms with Crippen molar-refractivity contribution in [1.82, 2.24) is 9.80 Å². The van der Waals surface area contributed by atoms with Crippen molar-refractivity contribution in [3.05, 3.63) is 12.4 Å². The molecule has 0 N–H and O–H groups in total. The fourth-order valence-electron chi connectivity index (χ4n) is 1.52. The Bertz CT molecular complexity index is 173. The monoisotopic (exact) mass is 182 g/mol. The molecule has 0 radical (unpaired) electrons. The molecule has 76 valence electrons. The summed E-state index contributed by atoms with van der Waals surface area (Å²) >= 11 is 0. The minimum absolute atomic E-state index is 0.767. The Hall–Kier alpha value is -0.660. The molecule has 0 spiro atoms. The van der Waals surface area contributed by atoms with E-state index in [-0.39, 0.29) is 0 Å². The first-order valence-electron chi connectivity index (χ1n) is 5.30. The van der Waals surface area contributed by atoms with Gasteiger partial charge < -0.3 is 9.80 Å². The topological polar surface area (TPSA) is 6.48 Å². The molecular weight excluding hydrogens is 160 g/mol. The molecule has 1 heterocycles. The Kier molecular flexibility index (Phi) is 3.64. The molecule has 1 unspecified atom stereocenters. The standard InChI is InChI=1S/C11H22N2/c1-5-10(2)9-12(4)11(3)13-7-6-8-13/h10H,3,5-9H2,1-2,4H3. The van der Waals surface area contributed by atoms with Crippen molar-refractivity contribution >= 4 is 0 Å². The highest BCUT2D eigenvalue weighted by Crippen LogP contribution is 2.16. The van der Waals surface area contributed by atoms with Crippen LogP contribution in [0.15, 0.2) is 12.4 Å². The van der Waals surface area contributed by atoms with E-state index in [9.17, 15) is 0 Å². The highest BCUT2D eigenvalue weighted by molar-refractivity contribution is 4.96. The van der Waals surface area contributed by atoms with Gasteiger partial charge in [0.05, 0.1) is 5.82 Å². The molecular formula is C11H22N2. The van der Waals surface area contributed by atoms with Crippen LogP contribution in [-0.4, -0.2) is 36.5 Å². The summed E-state index contributed by atoms with van der Waals surface area (Å²) in [4.78, 5) is 4.63. The molecule has 13 heavy (non-hydrogen) atoms. The van der Waals surface area contributed by atoms with Gasteiger partial charge in [-0.3, -0.25) is 0 Å². The summed E-state index contributed by atoms with van der Waals surface area (Å²) in [7, 11) is 2.15. The second kappa shape index (κ2) is 4.54. The lowest BCUT2D eigenvalue weighted by Crippen LogP contribution is -2.42. The van der Waals surface area contributed by atoms with Gasteiger partial charge in [0.15, 0.2) is 0 Å². The Morgan fingerprint density at radius 3 is 2.54 bits per heavy atom. The zero-order chi connectivity index (χ0) is 9.84.